The summed E-state index contributed by atoms with van der Waals surface area (Å²) < 4.78 is 1.20. The molecule has 0 aliphatic carbocycles. The summed E-state index contributed by atoms with van der Waals surface area (Å²) in [6, 6.07) is 2.40. The van der Waals surface area contributed by atoms with Crippen molar-refractivity contribution in [3.05, 3.63) is 20.3 Å². The Labute approximate surface area is 79.7 Å². The molecule has 0 saturated carbocycles. The van der Waals surface area contributed by atoms with E-state index in [1.165, 1.54) is 14.2 Å². The van der Waals surface area contributed by atoms with Gasteiger partial charge in [0.2, 0.25) is 0 Å². The van der Waals surface area contributed by atoms with Crippen LogP contribution in [0.15, 0.2) is 9.85 Å². The maximum absolute atomic E-state index is 5.69. The average Bonchev–Trinajstić information content (AvgIpc) is 2.09. The zero-order valence-corrected chi connectivity index (χ0v) is 9.13. The predicted octanol–water partition coefficient (Wildman–Crippen LogP) is 2.71. The number of rotatable bonds is 2. The summed E-state index contributed by atoms with van der Waals surface area (Å²) in [5.41, 5.74) is 7.04. The second kappa shape index (κ2) is 3.70. The standard InChI is InChI=1S/C8H12BrNS/c1-5-3-8(9)11-7(5)4-6(2)10/h3,6H,4,10H2,1-2H3. The molecule has 0 radical (unpaired) electrons. The minimum Gasteiger partial charge on any atom is -0.328 e. The van der Waals surface area contributed by atoms with Crippen LogP contribution in [-0.4, -0.2) is 6.04 Å². The lowest BCUT2D eigenvalue weighted by molar-refractivity contribution is 0.744. The molecule has 0 saturated heterocycles. The van der Waals surface area contributed by atoms with Gasteiger partial charge < -0.3 is 5.73 Å². The predicted molar refractivity (Wildman–Crippen MR) is 54.1 cm³/mol. The largest absolute Gasteiger partial charge is 0.328 e. The third kappa shape index (κ3) is 2.58. The van der Waals surface area contributed by atoms with Gasteiger partial charge in [0, 0.05) is 10.9 Å². The molecule has 0 fully saturated rings. The average molecular weight is 234 g/mol. The molecule has 0 bridgehead atoms. The molecule has 1 unspecified atom stereocenters. The van der Waals surface area contributed by atoms with Crippen molar-refractivity contribution in [2.24, 2.45) is 5.73 Å². The van der Waals surface area contributed by atoms with Gasteiger partial charge in [-0.2, -0.15) is 0 Å². The molecule has 62 valence electrons. The monoisotopic (exact) mass is 233 g/mol. The molecule has 1 atom stereocenters. The van der Waals surface area contributed by atoms with Crippen molar-refractivity contribution >= 4 is 27.3 Å². The van der Waals surface area contributed by atoms with Gasteiger partial charge in [-0.25, -0.2) is 0 Å². The molecular weight excluding hydrogens is 222 g/mol. The van der Waals surface area contributed by atoms with Crippen molar-refractivity contribution in [1.29, 1.82) is 0 Å². The maximum Gasteiger partial charge on any atom is 0.0704 e. The van der Waals surface area contributed by atoms with Gasteiger partial charge in [0.15, 0.2) is 0 Å². The summed E-state index contributed by atoms with van der Waals surface area (Å²) in [5, 5.41) is 0. The lowest BCUT2D eigenvalue weighted by Gasteiger charge is -2.02. The number of thiophene rings is 1. The van der Waals surface area contributed by atoms with E-state index in [1.54, 1.807) is 11.3 Å². The highest BCUT2D eigenvalue weighted by Gasteiger charge is 2.05. The van der Waals surface area contributed by atoms with Gasteiger partial charge in [-0.3, -0.25) is 0 Å². The maximum atomic E-state index is 5.69. The molecule has 3 heteroatoms. The highest BCUT2D eigenvalue weighted by atomic mass is 79.9. The zero-order chi connectivity index (χ0) is 8.43. The molecule has 1 aromatic heterocycles. The Hall–Kier alpha value is 0.140. The van der Waals surface area contributed by atoms with Gasteiger partial charge in [-0.1, -0.05) is 0 Å². The highest BCUT2D eigenvalue weighted by molar-refractivity contribution is 9.11. The molecule has 1 aromatic rings. The van der Waals surface area contributed by atoms with Gasteiger partial charge in [-0.05, 0) is 47.8 Å². The second-order valence-corrected chi connectivity index (χ2v) is 5.35. The van der Waals surface area contributed by atoms with Crippen molar-refractivity contribution in [2.45, 2.75) is 26.3 Å². The smallest absolute Gasteiger partial charge is 0.0704 e. The Morgan fingerprint density at radius 2 is 2.36 bits per heavy atom. The first-order valence-corrected chi connectivity index (χ1v) is 5.21. The number of aryl methyl sites for hydroxylation is 1. The fourth-order valence-electron chi connectivity index (χ4n) is 0.973. The molecule has 0 amide bonds. The molecule has 1 rings (SSSR count). The third-order valence-electron chi connectivity index (χ3n) is 1.50. The molecule has 1 nitrogen and oxygen atoms in total. The molecule has 0 aromatic carbocycles. The van der Waals surface area contributed by atoms with Gasteiger partial charge in [0.05, 0.1) is 3.79 Å². The van der Waals surface area contributed by atoms with Gasteiger partial charge in [-0.15, -0.1) is 11.3 Å². The van der Waals surface area contributed by atoms with Crippen LogP contribution >= 0.6 is 27.3 Å². The zero-order valence-electron chi connectivity index (χ0n) is 6.73. The van der Waals surface area contributed by atoms with Crippen molar-refractivity contribution in [2.75, 3.05) is 0 Å². The number of halogens is 1. The van der Waals surface area contributed by atoms with Gasteiger partial charge in [0.1, 0.15) is 0 Å². The van der Waals surface area contributed by atoms with E-state index in [-0.39, 0.29) is 6.04 Å². The van der Waals surface area contributed by atoms with E-state index >= 15 is 0 Å². The summed E-state index contributed by atoms with van der Waals surface area (Å²) >= 11 is 5.23. The van der Waals surface area contributed by atoms with E-state index < -0.39 is 0 Å². The van der Waals surface area contributed by atoms with Crippen LogP contribution in [0.4, 0.5) is 0 Å². The summed E-state index contributed by atoms with van der Waals surface area (Å²) in [5.74, 6) is 0. The fourth-order valence-corrected chi connectivity index (χ4v) is 2.94. The minimum atomic E-state index is 0.263. The molecule has 0 aliphatic rings. The number of hydrogen-bond donors (Lipinski definition) is 1. The van der Waals surface area contributed by atoms with Crippen molar-refractivity contribution in [1.82, 2.24) is 0 Å². The molecule has 2 N–H and O–H groups in total. The molecular formula is C8H12BrNS. The van der Waals surface area contributed by atoms with E-state index in [0.717, 1.165) is 6.42 Å². The Bertz CT molecular complexity index is 242. The van der Waals surface area contributed by atoms with Crippen LogP contribution in [0.2, 0.25) is 0 Å². The fraction of sp³-hybridized carbons (Fsp3) is 0.500. The molecule has 1 heterocycles. The first-order chi connectivity index (χ1) is 5.09. The number of nitrogens with two attached hydrogens (primary N) is 1. The Kier molecular flexibility index (Phi) is 3.10. The van der Waals surface area contributed by atoms with Crippen molar-refractivity contribution < 1.29 is 0 Å². The SMILES string of the molecule is Cc1cc(Br)sc1CC(C)N. The summed E-state index contributed by atoms with van der Waals surface area (Å²) in [6.45, 7) is 4.16. The Morgan fingerprint density at radius 1 is 1.73 bits per heavy atom. The van der Waals surface area contributed by atoms with Crippen LogP contribution in [0.1, 0.15) is 17.4 Å². The topological polar surface area (TPSA) is 26.0 Å². The van der Waals surface area contributed by atoms with Crippen LogP contribution in [0.5, 0.6) is 0 Å². The highest BCUT2D eigenvalue weighted by Crippen LogP contribution is 2.27. The summed E-state index contributed by atoms with van der Waals surface area (Å²) in [6.07, 6.45) is 0.988. The first kappa shape index (κ1) is 9.23. The van der Waals surface area contributed by atoms with Crippen LogP contribution in [0, 0.1) is 6.92 Å². The molecule has 11 heavy (non-hydrogen) atoms. The van der Waals surface area contributed by atoms with E-state index in [4.69, 9.17) is 5.73 Å². The molecule has 0 spiro atoms. The van der Waals surface area contributed by atoms with E-state index in [2.05, 4.69) is 28.9 Å². The van der Waals surface area contributed by atoms with Crippen LogP contribution < -0.4 is 5.73 Å². The third-order valence-corrected chi connectivity index (χ3v) is 3.26. The summed E-state index contributed by atoms with van der Waals surface area (Å²) in [4.78, 5) is 1.40. The van der Waals surface area contributed by atoms with Crippen molar-refractivity contribution in [3.63, 3.8) is 0 Å². The molecule has 0 aliphatic heterocycles. The lowest BCUT2D eigenvalue weighted by atomic mass is 10.2. The first-order valence-electron chi connectivity index (χ1n) is 3.60. The lowest BCUT2D eigenvalue weighted by Crippen LogP contribution is -2.17. The quantitative estimate of drug-likeness (QED) is 0.836. The Balaban J connectivity index is 2.77. The van der Waals surface area contributed by atoms with E-state index in [9.17, 15) is 0 Å². The number of hydrogen-bond acceptors (Lipinski definition) is 2. The van der Waals surface area contributed by atoms with Gasteiger partial charge in [0.25, 0.3) is 0 Å². The Morgan fingerprint density at radius 3 is 2.73 bits per heavy atom. The van der Waals surface area contributed by atoms with Crippen LogP contribution in [0.25, 0.3) is 0 Å². The van der Waals surface area contributed by atoms with E-state index in [1.807, 2.05) is 6.92 Å². The minimum absolute atomic E-state index is 0.263. The van der Waals surface area contributed by atoms with Crippen LogP contribution in [-0.2, 0) is 6.42 Å². The van der Waals surface area contributed by atoms with Gasteiger partial charge >= 0.3 is 0 Å². The van der Waals surface area contributed by atoms with E-state index in [0.29, 0.717) is 0 Å². The summed E-state index contributed by atoms with van der Waals surface area (Å²) in [7, 11) is 0. The van der Waals surface area contributed by atoms with Crippen LogP contribution in [0.3, 0.4) is 0 Å². The van der Waals surface area contributed by atoms with Crippen molar-refractivity contribution in [3.8, 4) is 0 Å². The second-order valence-electron chi connectivity index (χ2n) is 2.84. The normalized spacial score (nSPS) is 13.5.